The molecule has 5 N–H and O–H groups in total. The Labute approximate surface area is 200 Å². The molecule has 7 nitrogen and oxygen atoms in total. The van der Waals surface area contributed by atoms with Crippen LogP contribution in [0.3, 0.4) is 0 Å². The topological polar surface area (TPSA) is 155 Å². The predicted octanol–water partition coefficient (Wildman–Crippen LogP) is 1.74. The van der Waals surface area contributed by atoms with Gasteiger partial charge in [0.15, 0.2) is 0 Å². The van der Waals surface area contributed by atoms with Crippen LogP contribution in [0.15, 0.2) is 0 Å². The molecule has 1 spiro atoms. The van der Waals surface area contributed by atoms with Gasteiger partial charge in [-0.2, -0.15) is 0 Å². The van der Waals surface area contributed by atoms with Crippen LogP contribution in [0.4, 0.5) is 0 Å². The molecule has 0 amide bonds. The minimum Gasteiger partial charge on any atom is -0.759 e. The molecule has 0 aromatic heterocycles. The molecule has 0 atom stereocenters. The zero-order valence-electron chi connectivity index (χ0n) is 15.8. The molecule has 26 heavy (non-hydrogen) atoms. The Kier molecular flexibility index (Phi) is 25.7. The maximum Gasteiger partial charge on any atom is 2.00 e. The average molecular weight is 468 g/mol. The number of nitrogens with one attached hydrogen (secondary N) is 1. The van der Waals surface area contributed by atoms with Gasteiger partial charge in [0.25, 0.3) is 0 Å². The summed E-state index contributed by atoms with van der Waals surface area (Å²) >= 11 is 0. The third-order valence-corrected chi connectivity index (χ3v) is 5.25. The van der Waals surface area contributed by atoms with Crippen molar-refractivity contribution in [3.8, 4) is 0 Å². The maximum atomic E-state index is 8.52. The summed E-state index contributed by atoms with van der Waals surface area (Å²) in [6.07, 6.45) is 14.4. The minimum absolute atomic E-state index is 0. The normalized spacial score (nSPS) is 19.1. The van der Waals surface area contributed by atoms with Crippen LogP contribution in [0.5, 0.6) is 0 Å². The van der Waals surface area contributed by atoms with Crippen molar-refractivity contribution in [1.82, 2.24) is 5.32 Å². The molecule has 2 fully saturated rings. The number of halogens is 2. The second kappa shape index (κ2) is 17.4. The van der Waals surface area contributed by atoms with E-state index < -0.39 is 10.4 Å². The SMILES string of the molecule is CCCC1(CCC)NCCC12CCCCC2.Cl.Cl.O.O.O=S(=O)([O-])[O-].[Ca+2]. The summed E-state index contributed by atoms with van der Waals surface area (Å²) in [7, 11) is -5.17. The Morgan fingerprint density at radius 1 is 0.885 bits per heavy atom. The Balaban J connectivity index is -0.000000132. The van der Waals surface area contributed by atoms with Gasteiger partial charge in [-0.3, -0.25) is 8.42 Å². The molecule has 2 aliphatic rings. The first-order chi connectivity index (χ1) is 9.79. The molecule has 1 aliphatic heterocycles. The third-order valence-electron chi connectivity index (χ3n) is 5.25. The van der Waals surface area contributed by atoms with Gasteiger partial charge in [0.1, 0.15) is 0 Å². The van der Waals surface area contributed by atoms with E-state index in [0.29, 0.717) is 11.0 Å². The van der Waals surface area contributed by atoms with Crippen molar-refractivity contribution in [2.75, 3.05) is 6.54 Å². The fourth-order valence-electron chi connectivity index (χ4n) is 4.61. The summed E-state index contributed by atoms with van der Waals surface area (Å²) in [6, 6.07) is 0. The van der Waals surface area contributed by atoms with E-state index in [4.69, 9.17) is 17.5 Å². The van der Waals surface area contributed by atoms with Crippen molar-refractivity contribution in [3.05, 3.63) is 0 Å². The van der Waals surface area contributed by atoms with Gasteiger partial charge in [-0.1, -0.05) is 46.0 Å². The third kappa shape index (κ3) is 11.6. The van der Waals surface area contributed by atoms with E-state index in [0.717, 1.165) is 0 Å². The van der Waals surface area contributed by atoms with Crippen LogP contribution in [-0.2, 0) is 10.4 Å². The molecule has 1 heterocycles. The van der Waals surface area contributed by atoms with Crippen LogP contribution in [0, 0.1) is 5.41 Å². The van der Waals surface area contributed by atoms with E-state index in [-0.39, 0.29) is 73.5 Å². The predicted molar refractivity (Wildman–Crippen MR) is 109 cm³/mol. The molecule has 0 radical (unpaired) electrons. The Bertz CT molecular complexity index is 408. The van der Waals surface area contributed by atoms with Crippen molar-refractivity contribution in [2.24, 2.45) is 5.41 Å². The molecule has 0 bridgehead atoms. The summed E-state index contributed by atoms with van der Waals surface area (Å²) in [5.74, 6) is 0. The second-order valence-electron chi connectivity index (χ2n) is 6.51. The van der Waals surface area contributed by atoms with E-state index >= 15 is 0 Å². The summed E-state index contributed by atoms with van der Waals surface area (Å²) < 4.78 is 34.1. The van der Waals surface area contributed by atoms with Gasteiger partial charge in [0, 0.05) is 15.9 Å². The average Bonchev–Trinajstić information content (AvgIpc) is 2.68. The van der Waals surface area contributed by atoms with Gasteiger partial charge in [-0.25, -0.2) is 0 Å². The summed E-state index contributed by atoms with van der Waals surface area (Å²) in [5.41, 5.74) is 1.19. The second-order valence-corrected chi connectivity index (χ2v) is 7.32. The smallest absolute Gasteiger partial charge is 0.759 e. The largest absolute Gasteiger partial charge is 2.00 e. The van der Waals surface area contributed by atoms with Crippen molar-refractivity contribution >= 4 is 73.0 Å². The van der Waals surface area contributed by atoms with E-state index in [1.807, 2.05) is 0 Å². The molecule has 1 aliphatic carbocycles. The van der Waals surface area contributed by atoms with Crippen LogP contribution >= 0.6 is 24.8 Å². The van der Waals surface area contributed by atoms with Crippen LogP contribution in [0.2, 0.25) is 0 Å². The molecular weight excluding hydrogens is 433 g/mol. The number of rotatable bonds is 4. The van der Waals surface area contributed by atoms with E-state index in [1.54, 1.807) is 0 Å². The van der Waals surface area contributed by atoms with Gasteiger partial charge in [-0.15, -0.1) is 24.8 Å². The number of hydrogen-bond donors (Lipinski definition) is 1. The monoisotopic (exact) mass is 467 g/mol. The van der Waals surface area contributed by atoms with Gasteiger partial charge in [0.2, 0.25) is 0 Å². The molecule has 1 saturated carbocycles. The fraction of sp³-hybridized carbons (Fsp3) is 1.00. The van der Waals surface area contributed by atoms with Crippen molar-refractivity contribution in [1.29, 1.82) is 0 Å². The van der Waals surface area contributed by atoms with E-state index in [9.17, 15) is 0 Å². The minimum atomic E-state index is -5.17. The zero-order chi connectivity index (χ0) is 16.0. The molecule has 2 rings (SSSR count). The van der Waals surface area contributed by atoms with Gasteiger partial charge < -0.3 is 25.4 Å². The van der Waals surface area contributed by atoms with Crippen LogP contribution in [0.1, 0.15) is 78.1 Å². The molecule has 0 aromatic carbocycles. The first-order valence-corrected chi connectivity index (χ1v) is 9.54. The van der Waals surface area contributed by atoms with Crippen LogP contribution < -0.4 is 5.32 Å². The molecule has 0 unspecified atom stereocenters. The molecule has 11 heteroatoms. The van der Waals surface area contributed by atoms with E-state index in [2.05, 4.69) is 19.2 Å². The maximum absolute atomic E-state index is 8.52. The summed E-state index contributed by atoms with van der Waals surface area (Å²) in [5, 5.41) is 3.93. The Morgan fingerprint density at radius 3 is 1.62 bits per heavy atom. The van der Waals surface area contributed by atoms with Crippen molar-refractivity contribution in [3.63, 3.8) is 0 Å². The zero-order valence-corrected chi connectivity index (χ0v) is 20.5. The molecular formula is C15H35CaCl2NO6S. The Hall–Kier alpha value is 1.59. The summed E-state index contributed by atoms with van der Waals surface area (Å²) in [6.45, 7) is 5.99. The summed E-state index contributed by atoms with van der Waals surface area (Å²) in [4.78, 5) is 0. The van der Waals surface area contributed by atoms with E-state index in [1.165, 1.54) is 70.8 Å². The molecule has 1 saturated heterocycles. The van der Waals surface area contributed by atoms with Crippen LogP contribution in [-0.4, -0.2) is 78.3 Å². The Morgan fingerprint density at radius 2 is 1.27 bits per heavy atom. The van der Waals surface area contributed by atoms with Crippen LogP contribution in [0.25, 0.3) is 0 Å². The quantitative estimate of drug-likeness (QED) is 0.378. The van der Waals surface area contributed by atoms with Crippen molar-refractivity contribution in [2.45, 2.75) is 83.6 Å². The fourth-order valence-corrected chi connectivity index (χ4v) is 4.61. The molecule has 0 aromatic rings. The van der Waals surface area contributed by atoms with Gasteiger partial charge in [0.05, 0.1) is 0 Å². The van der Waals surface area contributed by atoms with Crippen molar-refractivity contribution < 1.29 is 28.5 Å². The number of hydrogen-bond acceptors (Lipinski definition) is 5. The molecule has 158 valence electrons. The first-order valence-electron chi connectivity index (χ1n) is 8.20. The first kappa shape index (κ1) is 38.2. The van der Waals surface area contributed by atoms with Gasteiger partial charge in [-0.05, 0) is 44.1 Å². The van der Waals surface area contributed by atoms with Gasteiger partial charge >= 0.3 is 37.7 Å². The standard InChI is InChI=1S/C15H29N.Ca.2ClH.H2O4S.2H2O/c1-3-8-15(9-4-2)14(12-13-16-15)10-6-5-7-11-14;;;;1-5(2,3)4;;/h16H,3-13H2,1-2H3;;2*1H;(H2,1,2,3,4);2*1H2/q;+2;;;;;/p-2.